The summed E-state index contributed by atoms with van der Waals surface area (Å²) < 4.78 is 43.9. The van der Waals surface area contributed by atoms with Crippen molar-refractivity contribution >= 4 is 35.1 Å². The average molecular weight is 609 g/mol. The van der Waals surface area contributed by atoms with Gasteiger partial charge in [-0.15, -0.1) is 0 Å². The molecule has 1 N–H and O–H groups in total. The molecule has 1 saturated heterocycles. The molecule has 10 nitrogen and oxygen atoms in total. The SMILES string of the molecule is Cc1nc(N2C[C@H]3C[C@H]3C2=O)ncc1C1(n2cc(NC(=O)c3nc(-c4c(C(F)F)ccc(Cl)c4F)cnc3C)cn2)CC1. The zero-order valence-corrected chi connectivity index (χ0v) is 23.7. The van der Waals surface area contributed by atoms with E-state index in [4.69, 9.17) is 11.6 Å². The van der Waals surface area contributed by atoms with E-state index < -0.39 is 34.8 Å². The lowest BCUT2D eigenvalue weighted by atomic mass is 10.0. The van der Waals surface area contributed by atoms with Gasteiger partial charge in [-0.2, -0.15) is 5.10 Å². The van der Waals surface area contributed by atoms with Crippen LogP contribution in [-0.2, 0) is 10.3 Å². The number of anilines is 2. The fourth-order valence-corrected chi connectivity index (χ4v) is 6.00. The van der Waals surface area contributed by atoms with E-state index in [1.54, 1.807) is 22.0 Å². The molecule has 4 aromatic rings. The number of carbonyl (C=O) groups is 2. The molecule has 2 saturated carbocycles. The number of carbonyl (C=O) groups excluding carboxylic acids is 2. The number of nitrogens with one attached hydrogen (secondary N) is 1. The Morgan fingerprint density at radius 2 is 1.91 bits per heavy atom. The number of amides is 2. The first-order chi connectivity index (χ1) is 20.6. The lowest BCUT2D eigenvalue weighted by Crippen LogP contribution is -2.30. The summed E-state index contributed by atoms with van der Waals surface area (Å²) in [6.45, 7) is 4.07. The fraction of sp³-hybridized carbons (Fsp3) is 0.345. The maximum atomic E-state index is 14.8. The maximum Gasteiger partial charge on any atom is 0.276 e. The number of alkyl halides is 2. The monoisotopic (exact) mass is 608 g/mol. The Morgan fingerprint density at radius 1 is 1.12 bits per heavy atom. The largest absolute Gasteiger partial charge is 0.318 e. The van der Waals surface area contributed by atoms with Crippen molar-refractivity contribution in [3.8, 4) is 11.3 Å². The minimum Gasteiger partial charge on any atom is -0.318 e. The van der Waals surface area contributed by atoms with Gasteiger partial charge in [0.05, 0.1) is 40.0 Å². The van der Waals surface area contributed by atoms with Crippen molar-refractivity contribution in [1.82, 2.24) is 29.7 Å². The first kappa shape index (κ1) is 27.4. The quantitative estimate of drug-likeness (QED) is 0.304. The predicted octanol–water partition coefficient (Wildman–Crippen LogP) is 5.25. The molecule has 7 rings (SSSR count). The first-order valence-corrected chi connectivity index (χ1v) is 14.1. The Bertz CT molecular complexity index is 1830. The van der Waals surface area contributed by atoms with E-state index in [1.807, 2.05) is 6.92 Å². The van der Waals surface area contributed by atoms with E-state index in [9.17, 15) is 22.8 Å². The van der Waals surface area contributed by atoms with Crippen LogP contribution in [-0.4, -0.2) is 48.1 Å². The number of aromatic nitrogens is 6. The highest BCUT2D eigenvalue weighted by Crippen LogP contribution is 2.51. The standard InChI is InChI=1S/C29H24ClF3N8O2/c1-13-19(9-35-28(37-13)40-11-15-7-18(15)27(40)43)29(5-6-29)41-12-16(8-36-41)38-26(42)24-14(2)34-10-21(39-24)22-17(25(32)33)3-4-20(30)23(22)31/h3-4,8-10,12,15,18,25H,5-7,11H2,1-2H3,(H,38,42)/t15-,18-/m1/s1. The molecule has 14 heteroatoms. The van der Waals surface area contributed by atoms with Crippen LogP contribution in [0.3, 0.4) is 0 Å². The lowest BCUT2D eigenvalue weighted by Gasteiger charge is -2.21. The number of fused-ring (bicyclic) bond motifs is 1. The van der Waals surface area contributed by atoms with Crippen LogP contribution in [0.15, 0.2) is 36.9 Å². The number of rotatable bonds is 7. The Morgan fingerprint density at radius 3 is 2.58 bits per heavy atom. The van der Waals surface area contributed by atoms with E-state index in [1.165, 1.54) is 13.1 Å². The molecular weight excluding hydrogens is 585 g/mol. The van der Waals surface area contributed by atoms with Crippen molar-refractivity contribution in [2.24, 2.45) is 11.8 Å². The summed E-state index contributed by atoms with van der Waals surface area (Å²) in [5.41, 5.74) is 0.175. The number of hydrogen-bond acceptors (Lipinski definition) is 7. The second-order valence-electron chi connectivity index (χ2n) is 11.2. The maximum absolute atomic E-state index is 14.8. The number of benzene rings is 1. The fourth-order valence-electron chi connectivity index (χ4n) is 5.84. The summed E-state index contributed by atoms with van der Waals surface area (Å²) in [5, 5.41) is 6.84. The smallest absolute Gasteiger partial charge is 0.276 e. The average Bonchev–Trinajstić information content (AvgIpc) is 3.87. The molecule has 2 amide bonds. The molecule has 0 bridgehead atoms. The van der Waals surface area contributed by atoms with Gasteiger partial charge in [-0.1, -0.05) is 17.7 Å². The summed E-state index contributed by atoms with van der Waals surface area (Å²) in [6, 6.07) is 2.06. The number of hydrogen-bond donors (Lipinski definition) is 1. The van der Waals surface area contributed by atoms with E-state index in [-0.39, 0.29) is 33.9 Å². The normalized spacial score (nSPS) is 20.0. The van der Waals surface area contributed by atoms with Crippen molar-refractivity contribution < 1.29 is 22.8 Å². The molecule has 4 heterocycles. The number of nitrogens with zero attached hydrogens (tertiary/aromatic N) is 7. The van der Waals surface area contributed by atoms with Crippen molar-refractivity contribution in [3.05, 3.63) is 76.0 Å². The molecule has 3 fully saturated rings. The van der Waals surface area contributed by atoms with E-state index >= 15 is 0 Å². The van der Waals surface area contributed by atoms with Crippen LogP contribution >= 0.6 is 11.6 Å². The van der Waals surface area contributed by atoms with Gasteiger partial charge in [-0.3, -0.25) is 24.2 Å². The van der Waals surface area contributed by atoms with Crippen molar-refractivity contribution in [2.45, 2.75) is 45.1 Å². The summed E-state index contributed by atoms with van der Waals surface area (Å²) in [6.07, 6.45) is 5.54. The van der Waals surface area contributed by atoms with Crippen LogP contribution in [0.5, 0.6) is 0 Å². The third kappa shape index (κ3) is 4.53. The van der Waals surface area contributed by atoms with Crippen LogP contribution in [0, 0.1) is 31.5 Å². The molecule has 0 radical (unpaired) electrons. The van der Waals surface area contributed by atoms with Crippen LogP contribution in [0.4, 0.5) is 24.8 Å². The van der Waals surface area contributed by atoms with Gasteiger partial charge in [0.1, 0.15) is 5.69 Å². The van der Waals surface area contributed by atoms with Gasteiger partial charge in [-0.25, -0.2) is 28.1 Å². The second kappa shape index (κ2) is 9.83. The highest BCUT2D eigenvalue weighted by Gasteiger charge is 2.54. The van der Waals surface area contributed by atoms with E-state index in [0.29, 0.717) is 24.1 Å². The Labute approximate surface area is 248 Å². The van der Waals surface area contributed by atoms with Gasteiger partial charge in [0, 0.05) is 47.2 Å². The highest BCUT2D eigenvalue weighted by atomic mass is 35.5. The summed E-state index contributed by atoms with van der Waals surface area (Å²) in [7, 11) is 0. The Kier molecular flexibility index (Phi) is 6.27. The summed E-state index contributed by atoms with van der Waals surface area (Å²) in [5.74, 6) is -0.719. The van der Waals surface area contributed by atoms with Crippen molar-refractivity contribution in [1.29, 1.82) is 0 Å². The molecule has 43 heavy (non-hydrogen) atoms. The lowest BCUT2D eigenvalue weighted by molar-refractivity contribution is -0.118. The van der Waals surface area contributed by atoms with Crippen LogP contribution < -0.4 is 10.2 Å². The highest BCUT2D eigenvalue weighted by molar-refractivity contribution is 6.31. The number of halogens is 4. The zero-order valence-electron chi connectivity index (χ0n) is 23.0. The van der Waals surface area contributed by atoms with E-state index in [0.717, 1.165) is 48.8 Å². The van der Waals surface area contributed by atoms with Gasteiger partial charge < -0.3 is 5.32 Å². The van der Waals surface area contributed by atoms with Crippen LogP contribution in [0.1, 0.15) is 58.7 Å². The minimum atomic E-state index is -3.00. The predicted molar refractivity (Wildman–Crippen MR) is 149 cm³/mol. The van der Waals surface area contributed by atoms with Gasteiger partial charge in [0.2, 0.25) is 11.9 Å². The molecule has 2 aliphatic carbocycles. The molecule has 1 aliphatic heterocycles. The molecule has 0 unspecified atom stereocenters. The molecule has 0 spiro atoms. The Hall–Kier alpha value is -4.39. The second-order valence-corrected chi connectivity index (χ2v) is 11.6. The van der Waals surface area contributed by atoms with Gasteiger partial charge in [0.25, 0.3) is 12.3 Å². The first-order valence-electron chi connectivity index (χ1n) is 13.7. The van der Waals surface area contributed by atoms with Crippen LogP contribution in [0.25, 0.3) is 11.3 Å². The molecule has 3 aliphatic rings. The third-order valence-corrected chi connectivity index (χ3v) is 8.72. The number of piperidine rings is 1. The van der Waals surface area contributed by atoms with Gasteiger partial charge >= 0.3 is 0 Å². The minimum absolute atomic E-state index is 0.0865. The molecule has 2 atom stereocenters. The molecule has 3 aromatic heterocycles. The Balaban J connectivity index is 1.13. The van der Waals surface area contributed by atoms with Gasteiger partial charge in [-0.05, 0) is 45.1 Å². The molecule has 1 aromatic carbocycles. The van der Waals surface area contributed by atoms with Crippen molar-refractivity contribution in [2.75, 3.05) is 16.8 Å². The zero-order chi connectivity index (χ0) is 30.2. The topological polar surface area (TPSA) is 119 Å². The van der Waals surface area contributed by atoms with Crippen LogP contribution in [0.2, 0.25) is 5.02 Å². The van der Waals surface area contributed by atoms with Gasteiger partial charge in [0.15, 0.2) is 5.82 Å². The summed E-state index contributed by atoms with van der Waals surface area (Å²) >= 11 is 5.85. The number of aryl methyl sites for hydroxylation is 2. The molecular formula is C29H24ClF3N8O2. The van der Waals surface area contributed by atoms with E-state index in [2.05, 4.69) is 30.4 Å². The summed E-state index contributed by atoms with van der Waals surface area (Å²) in [4.78, 5) is 44.8. The molecule has 220 valence electrons. The van der Waals surface area contributed by atoms with Crippen molar-refractivity contribution in [3.63, 3.8) is 0 Å². The third-order valence-electron chi connectivity index (χ3n) is 8.42.